The fourth-order valence-electron chi connectivity index (χ4n) is 2.81. The van der Waals surface area contributed by atoms with Gasteiger partial charge in [0.15, 0.2) is 15.7 Å². The first-order chi connectivity index (χ1) is 9.98. The van der Waals surface area contributed by atoms with Gasteiger partial charge in [0.2, 0.25) is 0 Å². The second kappa shape index (κ2) is 5.73. The number of sulfone groups is 1. The Morgan fingerprint density at radius 2 is 1.90 bits per heavy atom. The van der Waals surface area contributed by atoms with Crippen LogP contribution < -0.4 is 11.1 Å². The van der Waals surface area contributed by atoms with Crippen molar-refractivity contribution in [3.05, 3.63) is 0 Å². The van der Waals surface area contributed by atoms with Crippen LogP contribution in [0.5, 0.6) is 0 Å². The van der Waals surface area contributed by atoms with Crippen molar-refractivity contribution in [1.82, 2.24) is 4.37 Å². The Balaban J connectivity index is 1.69. The third-order valence-corrected chi connectivity index (χ3v) is 7.57. The third-order valence-electron chi connectivity index (χ3n) is 4.29. The van der Waals surface area contributed by atoms with Crippen LogP contribution in [0.3, 0.4) is 0 Å². The summed E-state index contributed by atoms with van der Waals surface area (Å²) < 4.78 is 28.8. The lowest BCUT2D eigenvalue weighted by atomic mass is 9.87. The standard InChI is InChI=1S/C13H21N3O3S2/c14-12-11(21(18,19)10-5-6-10)13(20-16-12)15-7-8-1-3-9(17)4-2-8/h8-10,15,17H,1-7H2,(H2,14,16). The van der Waals surface area contributed by atoms with Crippen LogP contribution in [0.1, 0.15) is 38.5 Å². The maximum absolute atomic E-state index is 12.4. The first kappa shape index (κ1) is 15.1. The molecule has 4 N–H and O–H groups in total. The van der Waals surface area contributed by atoms with Crippen molar-refractivity contribution in [2.45, 2.75) is 54.8 Å². The van der Waals surface area contributed by atoms with E-state index in [1.807, 2.05) is 0 Å². The normalized spacial score (nSPS) is 26.7. The molecule has 0 radical (unpaired) electrons. The quantitative estimate of drug-likeness (QED) is 0.757. The van der Waals surface area contributed by atoms with Crippen molar-refractivity contribution < 1.29 is 13.5 Å². The van der Waals surface area contributed by atoms with Gasteiger partial charge in [-0.3, -0.25) is 0 Å². The van der Waals surface area contributed by atoms with E-state index in [0.29, 0.717) is 17.5 Å². The molecule has 0 unspecified atom stereocenters. The Kier molecular flexibility index (Phi) is 4.11. The van der Waals surface area contributed by atoms with E-state index >= 15 is 0 Å². The predicted molar refractivity (Wildman–Crippen MR) is 83.2 cm³/mol. The molecule has 6 nitrogen and oxygen atoms in total. The van der Waals surface area contributed by atoms with Crippen molar-refractivity contribution in [2.75, 3.05) is 17.6 Å². The Bertz CT molecular complexity index is 602. The SMILES string of the molecule is Nc1nsc(NCC2CCC(O)CC2)c1S(=O)(=O)C1CC1. The number of hydrogen-bond donors (Lipinski definition) is 3. The maximum Gasteiger partial charge on any atom is 0.187 e. The summed E-state index contributed by atoms with van der Waals surface area (Å²) in [4.78, 5) is 0.200. The van der Waals surface area contributed by atoms with Gasteiger partial charge in [-0.1, -0.05) is 0 Å². The van der Waals surface area contributed by atoms with Crippen LogP contribution >= 0.6 is 11.5 Å². The van der Waals surface area contributed by atoms with Crippen molar-refractivity contribution in [3.63, 3.8) is 0 Å². The highest BCUT2D eigenvalue weighted by molar-refractivity contribution is 7.92. The molecular formula is C13H21N3O3S2. The molecule has 1 aromatic rings. The van der Waals surface area contributed by atoms with E-state index in [1.165, 1.54) is 0 Å². The van der Waals surface area contributed by atoms with Crippen molar-refractivity contribution in [3.8, 4) is 0 Å². The molecule has 3 rings (SSSR count). The number of rotatable bonds is 5. The van der Waals surface area contributed by atoms with Gasteiger partial charge in [-0.2, -0.15) is 4.37 Å². The fourth-order valence-corrected chi connectivity index (χ4v) is 5.70. The van der Waals surface area contributed by atoms with Crippen molar-refractivity contribution >= 4 is 32.2 Å². The molecule has 118 valence electrons. The molecule has 1 heterocycles. The lowest BCUT2D eigenvalue weighted by molar-refractivity contribution is 0.111. The maximum atomic E-state index is 12.4. The van der Waals surface area contributed by atoms with Crippen LogP contribution in [-0.2, 0) is 9.84 Å². The summed E-state index contributed by atoms with van der Waals surface area (Å²) in [7, 11) is -3.33. The monoisotopic (exact) mass is 331 g/mol. The van der Waals surface area contributed by atoms with E-state index in [2.05, 4.69) is 9.69 Å². The van der Waals surface area contributed by atoms with Crippen molar-refractivity contribution in [1.29, 1.82) is 0 Å². The summed E-state index contributed by atoms with van der Waals surface area (Å²) >= 11 is 1.12. The zero-order valence-corrected chi connectivity index (χ0v) is 13.4. The van der Waals surface area contributed by atoms with E-state index in [-0.39, 0.29) is 22.1 Å². The molecule has 2 saturated carbocycles. The average molecular weight is 331 g/mol. The highest BCUT2D eigenvalue weighted by Gasteiger charge is 2.40. The van der Waals surface area contributed by atoms with Gasteiger partial charge in [0, 0.05) is 6.54 Å². The molecule has 2 aliphatic rings. The predicted octanol–water partition coefficient (Wildman–Crippen LogP) is 1.62. The summed E-state index contributed by atoms with van der Waals surface area (Å²) in [6, 6.07) is 0. The molecule has 1 aromatic heterocycles. The van der Waals surface area contributed by atoms with Gasteiger partial charge in [-0.05, 0) is 56.0 Å². The third kappa shape index (κ3) is 3.17. The summed E-state index contributed by atoms with van der Waals surface area (Å²) in [5, 5.41) is 13.0. The molecule has 0 aliphatic heterocycles. The topological polar surface area (TPSA) is 105 Å². The van der Waals surface area contributed by atoms with Crippen LogP contribution in [0, 0.1) is 5.92 Å². The van der Waals surface area contributed by atoms with Crippen molar-refractivity contribution in [2.24, 2.45) is 5.92 Å². The number of hydrogen-bond acceptors (Lipinski definition) is 7. The Morgan fingerprint density at radius 3 is 2.52 bits per heavy atom. The van der Waals surface area contributed by atoms with Gasteiger partial charge in [-0.25, -0.2) is 8.42 Å². The Morgan fingerprint density at radius 1 is 1.24 bits per heavy atom. The first-order valence-corrected chi connectivity index (χ1v) is 9.71. The summed E-state index contributed by atoms with van der Waals surface area (Å²) in [5.74, 6) is 0.585. The lowest BCUT2D eigenvalue weighted by Crippen LogP contribution is -2.23. The van der Waals surface area contributed by atoms with Gasteiger partial charge in [0.1, 0.15) is 9.90 Å². The minimum atomic E-state index is -3.33. The Hall–Kier alpha value is -0.860. The number of aliphatic hydroxyl groups is 1. The van der Waals surface area contributed by atoms with Gasteiger partial charge in [-0.15, -0.1) is 0 Å². The highest BCUT2D eigenvalue weighted by atomic mass is 32.2. The molecule has 2 aliphatic carbocycles. The molecule has 0 bridgehead atoms. The van der Waals surface area contributed by atoms with Crippen LogP contribution in [0.15, 0.2) is 4.90 Å². The van der Waals surface area contributed by atoms with E-state index < -0.39 is 9.84 Å². The summed E-state index contributed by atoms with van der Waals surface area (Å²) in [6.07, 6.45) is 4.84. The molecule has 0 spiro atoms. The first-order valence-electron chi connectivity index (χ1n) is 7.39. The number of nitrogens with one attached hydrogen (secondary N) is 1. The van der Waals surface area contributed by atoms with E-state index in [4.69, 9.17) is 5.73 Å². The van der Waals surface area contributed by atoms with E-state index in [1.54, 1.807) is 0 Å². The number of anilines is 2. The van der Waals surface area contributed by atoms with E-state index in [0.717, 1.165) is 50.1 Å². The van der Waals surface area contributed by atoms with Gasteiger partial charge in [0.25, 0.3) is 0 Å². The molecule has 0 saturated heterocycles. The van der Waals surface area contributed by atoms with Crippen LogP contribution in [0.25, 0.3) is 0 Å². The molecular weight excluding hydrogens is 310 g/mol. The van der Waals surface area contributed by atoms with Gasteiger partial charge >= 0.3 is 0 Å². The smallest absolute Gasteiger partial charge is 0.187 e. The Labute approximate surface area is 128 Å². The minimum absolute atomic E-state index is 0.119. The lowest BCUT2D eigenvalue weighted by Gasteiger charge is -2.25. The number of aliphatic hydroxyl groups excluding tert-OH is 1. The average Bonchev–Trinajstić information content (AvgIpc) is 3.23. The number of nitrogens with two attached hydrogens (primary N) is 1. The largest absolute Gasteiger partial charge is 0.393 e. The zero-order valence-electron chi connectivity index (χ0n) is 11.8. The van der Waals surface area contributed by atoms with Crippen LogP contribution in [0.2, 0.25) is 0 Å². The van der Waals surface area contributed by atoms with E-state index in [9.17, 15) is 13.5 Å². The number of nitrogens with zero attached hydrogens (tertiary/aromatic N) is 1. The molecule has 21 heavy (non-hydrogen) atoms. The molecule has 0 atom stereocenters. The second-order valence-electron chi connectivity index (χ2n) is 6.03. The van der Waals surface area contributed by atoms with Crippen LogP contribution in [0.4, 0.5) is 10.8 Å². The molecule has 2 fully saturated rings. The number of nitrogen functional groups attached to an aromatic ring is 1. The zero-order chi connectivity index (χ0) is 15.0. The number of aromatic nitrogens is 1. The molecule has 0 aromatic carbocycles. The second-order valence-corrected chi connectivity index (χ2v) is 8.96. The molecule has 0 amide bonds. The minimum Gasteiger partial charge on any atom is -0.393 e. The summed E-state index contributed by atoms with van der Waals surface area (Å²) in [6.45, 7) is 0.710. The van der Waals surface area contributed by atoms with Gasteiger partial charge < -0.3 is 16.2 Å². The fraction of sp³-hybridized carbons (Fsp3) is 0.769. The molecule has 8 heteroatoms. The highest BCUT2D eigenvalue weighted by Crippen LogP contribution is 2.41. The van der Waals surface area contributed by atoms with Gasteiger partial charge in [0.05, 0.1) is 11.4 Å². The van der Waals surface area contributed by atoms with Crippen LogP contribution in [-0.4, -0.2) is 35.8 Å². The summed E-state index contributed by atoms with van der Waals surface area (Å²) in [5.41, 5.74) is 5.77.